The summed E-state index contributed by atoms with van der Waals surface area (Å²) in [5.74, 6) is -4.25. The number of carbonyl (C=O) groups excluding carboxylic acids is 3. The maximum Gasteiger partial charge on any atom is 0.416 e. The number of hydrogen-bond donors (Lipinski definition) is 0. The van der Waals surface area contributed by atoms with E-state index in [2.05, 4.69) is 0 Å². The van der Waals surface area contributed by atoms with Crippen LogP contribution >= 0.6 is 0 Å². The fraction of sp³-hybridized carbons (Fsp3) is 0.364. The molecule has 0 atom stereocenters. The molecule has 0 heterocycles. The van der Waals surface area contributed by atoms with Crippen LogP contribution in [-0.4, -0.2) is 41.9 Å². The van der Waals surface area contributed by atoms with Crippen molar-refractivity contribution in [2.75, 3.05) is 19.6 Å². The van der Waals surface area contributed by atoms with Crippen LogP contribution in [0.2, 0.25) is 0 Å². The molecule has 0 bridgehead atoms. The zero-order valence-electron chi connectivity index (χ0n) is 26.9. The quantitative estimate of drug-likeness (QED) is 0.135. The molecule has 0 fully saturated rings. The normalized spacial score (nSPS) is 13.4. The topological polar surface area (TPSA) is 54.5 Å². The first-order valence-electron chi connectivity index (χ1n) is 15.0. The molecule has 0 amide bonds. The molecule has 4 nitrogen and oxygen atoms in total. The van der Waals surface area contributed by atoms with E-state index in [-0.39, 0.29) is 54.6 Å². The summed E-state index contributed by atoms with van der Waals surface area (Å²) in [6, 6.07) is -0.513. The van der Waals surface area contributed by atoms with Gasteiger partial charge in [-0.3, -0.25) is 14.4 Å². The highest BCUT2D eigenvalue weighted by molar-refractivity contribution is 5.98. The number of Topliss-reactive ketones (excluding diaryl/α,β-unsaturated/α-hetero) is 3. The zero-order valence-corrected chi connectivity index (χ0v) is 26.9. The van der Waals surface area contributed by atoms with Gasteiger partial charge in [0.25, 0.3) is 0 Å². The molecule has 3 aromatic carbocycles. The van der Waals surface area contributed by atoms with Gasteiger partial charge in [-0.2, -0.15) is 79.0 Å². The van der Waals surface area contributed by atoms with Crippen molar-refractivity contribution in [2.24, 2.45) is 0 Å². The van der Waals surface area contributed by atoms with E-state index in [1.807, 2.05) is 0 Å². The molecule has 0 unspecified atom stereocenters. The third-order valence-electron chi connectivity index (χ3n) is 7.69. The first kappa shape index (κ1) is 44.8. The number of alkyl halides is 18. The minimum absolute atomic E-state index is 0.0622. The van der Waals surface area contributed by atoms with Crippen molar-refractivity contribution in [1.82, 2.24) is 4.90 Å². The Morgan fingerprint density at radius 2 is 0.491 bits per heavy atom. The average Bonchev–Trinajstić information content (AvgIpc) is 3.04. The summed E-state index contributed by atoms with van der Waals surface area (Å²) in [7, 11) is 0. The first-order valence-corrected chi connectivity index (χ1v) is 15.0. The molecule has 0 aliphatic heterocycles. The predicted molar refractivity (Wildman–Crippen MR) is 153 cm³/mol. The van der Waals surface area contributed by atoms with Crippen LogP contribution in [0.3, 0.4) is 0 Å². The van der Waals surface area contributed by atoms with Gasteiger partial charge in [0, 0.05) is 55.6 Å². The molecule has 0 aliphatic carbocycles. The van der Waals surface area contributed by atoms with Crippen molar-refractivity contribution in [1.29, 1.82) is 0 Å². The van der Waals surface area contributed by atoms with Gasteiger partial charge in [0.05, 0.1) is 33.4 Å². The van der Waals surface area contributed by atoms with E-state index < -0.39 is 143 Å². The van der Waals surface area contributed by atoms with Crippen LogP contribution in [0.25, 0.3) is 0 Å². The molecule has 0 spiro atoms. The minimum atomic E-state index is -5.38. The van der Waals surface area contributed by atoms with Crippen LogP contribution in [0.15, 0.2) is 54.6 Å². The summed E-state index contributed by atoms with van der Waals surface area (Å²) in [5.41, 5.74) is -14.8. The van der Waals surface area contributed by atoms with Gasteiger partial charge in [-0.05, 0) is 54.6 Å². The lowest BCUT2D eigenvalue weighted by Gasteiger charge is -2.22. The number of nitrogens with zero attached hydrogens (tertiary/aromatic N) is 1. The molecule has 302 valence electrons. The summed E-state index contributed by atoms with van der Waals surface area (Å²) in [6.07, 6.45) is -35.4. The van der Waals surface area contributed by atoms with Gasteiger partial charge in [0.1, 0.15) is 0 Å². The smallest absolute Gasteiger partial charge is 0.302 e. The summed E-state index contributed by atoms with van der Waals surface area (Å²) in [5, 5.41) is 0. The molecular weight excluding hydrogens is 800 g/mol. The molecule has 0 aromatic heterocycles. The number of halogens is 18. The lowest BCUT2D eigenvalue weighted by Crippen LogP contribution is -2.31. The first-order chi connectivity index (χ1) is 24.8. The van der Waals surface area contributed by atoms with E-state index in [0.29, 0.717) is 0 Å². The highest BCUT2D eigenvalue weighted by Crippen LogP contribution is 2.39. The van der Waals surface area contributed by atoms with E-state index >= 15 is 0 Å². The predicted octanol–water partition coefficient (Wildman–Crippen LogP) is 11.2. The monoisotopic (exact) mass is 821 g/mol. The van der Waals surface area contributed by atoms with Crippen molar-refractivity contribution in [3.63, 3.8) is 0 Å². The van der Waals surface area contributed by atoms with Crippen molar-refractivity contribution < 1.29 is 93.4 Å². The summed E-state index contributed by atoms with van der Waals surface area (Å²) in [6.45, 7) is -2.45. The Bertz CT molecular complexity index is 1580. The average molecular weight is 821 g/mol. The van der Waals surface area contributed by atoms with E-state index in [9.17, 15) is 93.4 Å². The molecule has 0 radical (unpaired) electrons. The van der Waals surface area contributed by atoms with Crippen molar-refractivity contribution in [2.45, 2.75) is 56.3 Å². The fourth-order valence-electron chi connectivity index (χ4n) is 4.90. The SMILES string of the molecule is O=C(CCN(CCC(=O)c1cc(C(F)(F)F)cc(C(F)(F)F)c1)CCC(=O)c1cc(C(F)(F)F)cc(C(F)(F)F)c1)c1cc(C(F)(F)F)cc(C(F)(F)F)c1. The van der Waals surface area contributed by atoms with Gasteiger partial charge in [-0.25, -0.2) is 0 Å². The molecule has 55 heavy (non-hydrogen) atoms. The lowest BCUT2D eigenvalue weighted by molar-refractivity contribution is -0.144. The summed E-state index contributed by atoms with van der Waals surface area (Å²) >= 11 is 0. The van der Waals surface area contributed by atoms with Crippen molar-refractivity contribution in [3.8, 4) is 0 Å². The van der Waals surface area contributed by atoms with Gasteiger partial charge in [-0.1, -0.05) is 0 Å². The van der Waals surface area contributed by atoms with Crippen LogP contribution in [0.5, 0.6) is 0 Å². The van der Waals surface area contributed by atoms with Gasteiger partial charge >= 0.3 is 37.1 Å². The van der Waals surface area contributed by atoms with Crippen LogP contribution in [0, 0.1) is 0 Å². The van der Waals surface area contributed by atoms with E-state index in [0.717, 1.165) is 4.90 Å². The van der Waals surface area contributed by atoms with Crippen LogP contribution in [0.4, 0.5) is 79.0 Å². The second-order valence-electron chi connectivity index (χ2n) is 11.7. The van der Waals surface area contributed by atoms with Gasteiger partial charge in [0.15, 0.2) is 17.3 Å². The molecule has 22 heteroatoms. The lowest BCUT2D eigenvalue weighted by atomic mass is 9.99. The van der Waals surface area contributed by atoms with Crippen LogP contribution in [0.1, 0.15) is 83.7 Å². The number of rotatable bonds is 12. The molecule has 3 rings (SSSR count). The molecular formula is C33H21F18NO3. The number of hydrogen-bond acceptors (Lipinski definition) is 4. The van der Waals surface area contributed by atoms with Crippen molar-refractivity contribution in [3.05, 3.63) is 105 Å². The minimum Gasteiger partial charge on any atom is -0.302 e. The van der Waals surface area contributed by atoms with Gasteiger partial charge in [0.2, 0.25) is 0 Å². The van der Waals surface area contributed by atoms with E-state index in [1.54, 1.807) is 0 Å². The molecule has 0 N–H and O–H groups in total. The third-order valence-corrected chi connectivity index (χ3v) is 7.69. The molecule has 0 saturated heterocycles. The fourth-order valence-corrected chi connectivity index (χ4v) is 4.90. The van der Waals surface area contributed by atoms with Crippen LogP contribution in [-0.2, 0) is 37.1 Å². The Balaban J connectivity index is 1.96. The summed E-state index contributed by atoms with van der Waals surface area (Å²) in [4.78, 5) is 39.3. The van der Waals surface area contributed by atoms with E-state index in [1.165, 1.54) is 0 Å². The molecule has 3 aromatic rings. The van der Waals surface area contributed by atoms with Gasteiger partial charge in [-0.15, -0.1) is 0 Å². The maximum atomic E-state index is 13.3. The molecule has 0 aliphatic rings. The Kier molecular flexibility index (Phi) is 12.9. The number of carbonyl (C=O) groups is 3. The van der Waals surface area contributed by atoms with E-state index in [4.69, 9.17) is 0 Å². The number of ketones is 3. The number of benzene rings is 3. The second-order valence-corrected chi connectivity index (χ2v) is 11.7. The Labute approximate surface area is 296 Å². The highest BCUT2D eigenvalue weighted by atomic mass is 19.4. The van der Waals surface area contributed by atoms with Crippen LogP contribution < -0.4 is 0 Å². The van der Waals surface area contributed by atoms with Crippen molar-refractivity contribution >= 4 is 17.3 Å². The molecule has 0 saturated carbocycles. The standard InChI is InChI=1S/C33H21F18NO3/c34-28(35,36)19-7-16(8-20(13-19)29(37,38)39)25(53)1-4-52(5-2-26(54)17-9-21(30(40,41)42)14-22(10-17)31(43,44)45)6-3-27(55)18-11-23(32(46,47)48)15-24(12-18)33(49,50)51/h7-15H,1-6H2. The Morgan fingerprint density at radius 1 is 0.327 bits per heavy atom. The second kappa shape index (κ2) is 15.8. The summed E-state index contributed by atoms with van der Waals surface area (Å²) < 4.78 is 240. The van der Waals surface area contributed by atoms with Gasteiger partial charge < -0.3 is 4.90 Å². The Morgan fingerprint density at radius 3 is 0.636 bits per heavy atom. The maximum absolute atomic E-state index is 13.3. The highest BCUT2D eigenvalue weighted by Gasteiger charge is 2.40. The Hall–Kier alpha value is -4.63. The largest absolute Gasteiger partial charge is 0.416 e. The third kappa shape index (κ3) is 12.4. The zero-order chi connectivity index (χ0) is 42.1.